The average molecular weight is 234 g/mol. The number of aromatic nitrogens is 1. The van der Waals surface area contributed by atoms with E-state index >= 15 is 0 Å². The van der Waals surface area contributed by atoms with Crippen LogP contribution in [0.5, 0.6) is 0 Å². The van der Waals surface area contributed by atoms with Crippen molar-refractivity contribution in [1.82, 2.24) is 10.3 Å². The SMILES string of the molecule is C=Cc1[nH]cc(CC(C)(CO)NC)c1/C=C\C. The van der Waals surface area contributed by atoms with Crippen LogP contribution in [0.1, 0.15) is 30.7 Å². The van der Waals surface area contributed by atoms with Crippen LogP contribution in [0.4, 0.5) is 0 Å². The van der Waals surface area contributed by atoms with Crippen molar-refractivity contribution in [3.05, 3.63) is 35.7 Å². The number of likely N-dealkylation sites (N-methyl/N-ethyl adjacent to an activating group) is 1. The minimum absolute atomic E-state index is 0.105. The van der Waals surface area contributed by atoms with Gasteiger partial charge in [-0.05, 0) is 39.0 Å². The Morgan fingerprint density at radius 1 is 1.59 bits per heavy atom. The zero-order valence-corrected chi connectivity index (χ0v) is 10.9. The van der Waals surface area contributed by atoms with E-state index in [9.17, 15) is 5.11 Å². The highest BCUT2D eigenvalue weighted by molar-refractivity contribution is 5.65. The molecule has 1 heterocycles. The quantitative estimate of drug-likeness (QED) is 0.706. The van der Waals surface area contributed by atoms with Gasteiger partial charge in [0.2, 0.25) is 0 Å². The van der Waals surface area contributed by atoms with Gasteiger partial charge < -0.3 is 15.4 Å². The highest BCUT2D eigenvalue weighted by atomic mass is 16.3. The summed E-state index contributed by atoms with van der Waals surface area (Å²) in [6.07, 6.45) is 8.64. The first-order chi connectivity index (χ1) is 8.10. The minimum Gasteiger partial charge on any atom is -0.394 e. The predicted molar refractivity (Wildman–Crippen MR) is 73.8 cm³/mol. The molecule has 3 N–H and O–H groups in total. The Labute approximate surface area is 103 Å². The Morgan fingerprint density at radius 2 is 2.29 bits per heavy atom. The van der Waals surface area contributed by atoms with Crippen molar-refractivity contribution >= 4 is 12.2 Å². The lowest BCUT2D eigenvalue weighted by molar-refractivity contribution is 0.182. The van der Waals surface area contributed by atoms with Gasteiger partial charge in [-0.25, -0.2) is 0 Å². The van der Waals surface area contributed by atoms with E-state index in [4.69, 9.17) is 0 Å². The Bertz CT molecular complexity index is 400. The fourth-order valence-corrected chi connectivity index (χ4v) is 1.82. The topological polar surface area (TPSA) is 48.0 Å². The molecule has 0 saturated carbocycles. The van der Waals surface area contributed by atoms with Crippen LogP contribution < -0.4 is 5.32 Å². The van der Waals surface area contributed by atoms with Crippen LogP contribution in [0.15, 0.2) is 18.9 Å². The molecule has 17 heavy (non-hydrogen) atoms. The molecule has 94 valence electrons. The molecule has 0 aliphatic carbocycles. The molecule has 0 aliphatic rings. The number of aromatic amines is 1. The number of hydrogen-bond acceptors (Lipinski definition) is 2. The lowest BCUT2D eigenvalue weighted by Gasteiger charge is -2.26. The van der Waals surface area contributed by atoms with Crippen molar-refractivity contribution in [1.29, 1.82) is 0 Å². The molecular formula is C14H22N2O. The van der Waals surface area contributed by atoms with Gasteiger partial charge >= 0.3 is 0 Å². The lowest BCUT2D eigenvalue weighted by atomic mass is 9.92. The van der Waals surface area contributed by atoms with Crippen LogP contribution in [-0.4, -0.2) is 29.3 Å². The van der Waals surface area contributed by atoms with E-state index in [1.54, 1.807) is 0 Å². The summed E-state index contributed by atoms with van der Waals surface area (Å²) in [6, 6.07) is 0. The molecule has 3 nitrogen and oxygen atoms in total. The average Bonchev–Trinajstić information content (AvgIpc) is 2.72. The summed E-state index contributed by atoms with van der Waals surface area (Å²) in [4.78, 5) is 3.20. The third-order valence-electron chi connectivity index (χ3n) is 3.11. The molecule has 1 aromatic rings. The molecule has 0 bridgehead atoms. The Kier molecular flexibility index (Phi) is 4.73. The molecule has 1 atom stereocenters. The van der Waals surface area contributed by atoms with Gasteiger partial charge in [-0.1, -0.05) is 18.7 Å². The van der Waals surface area contributed by atoms with E-state index < -0.39 is 0 Å². The third kappa shape index (κ3) is 3.08. The van der Waals surface area contributed by atoms with Gasteiger partial charge in [0.15, 0.2) is 0 Å². The molecule has 1 aromatic heterocycles. The monoisotopic (exact) mass is 234 g/mol. The number of nitrogens with one attached hydrogen (secondary N) is 2. The molecular weight excluding hydrogens is 212 g/mol. The van der Waals surface area contributed by atoms with Crippen LogP contribution in [0.25, 0.3) is 12.2 Å². The summed E-state index contributed by atoms with van der Waals surface area (Å²) in [5, 5.41) is 12.6. The van der Waals surface area contributed by atoms with E-state index in [2.05, 4.69) is 23.0 Å². The van der Waals surface area contributed by atoms with Crippen molar-refractivity contribution in [2.24, 2.45) is 0 Å². The number of hydrogen-bond donors (Lipinski definition) is 3. The second-order valence-electron chi connectivity index (χ2n) is 4.49. The number of rotatable bonds is 6. The maximum atomic E-state index is 9.42. The number of H-pyrrole nitrogens is 1. The van der Waals surface area contributed by atoms with Crippen LogP contribution in [0, 0.1) is 0 Å². The Morgan fingerprint density at radius 3 is 2.76 bits per heavy atom. The standard InChI is InChI=1S/C14H22N2O/c1-5-7-12-11(9-16-13(12)6-2)8-14(3,10-17)15-4/h5-7,9,15-17H,2,8,10H2,1,3-4H3/b7-5-. The van der Waals surface area contributed by atoms with Crippen LogP contribution in [-0.2, 0) is 6.42 Å². The normalized spacial score (nSPS) is 15.1. The molecule has 0 saturated heterocycles. The summed E-state index contributed by atoms with van der Waals surface area (Å²) < 4.78 is 0. The first-order valence-electron chi connectivity index (χ1n) is 5.85. The maximum absolute atomic E-state index is 9.42. The fraction of sp³-hybridized carbons (Fsp3) is 0.429. The summed E-state index contributed by atoms with van der Waals surface area (Å²) in [5.41, 5.74) is 3.06. The highest BCUT2D eigenvalue weighted by Gasteiger charge is 2.23. The summed E-state index contributed by atoms with van der Waals surface area (Å²) in [7, 11) is 1.87. The smallest absolute Gasteiger partial charge is 0.0613 e. The molecule has 0 aromatic carbocycles. The Balaban J connectivity index is 3.06. The Hall–Kier alpha value is -1.32. The first-order valence-corrected chi connectivity index (χ1v) is 5.85. The van der Waals surface area contributed by atoms with Crippen LogP contribution in [0.2, 0.25) is 0 Å². The minimum atomic E-state index is -0.295. The predicted octanol–water partition coefficient (Wildman–Crippen LogP) is 2.20. The second-order valence-corrected chi connectivity index (χ2v) is 4.49. The van der Waals surface area contributed by atoms with Crippen LogP contribution >= 0.6 is 0 Å². The first kappa shape index (κ1) is 13.7. The van der Waals surface area contributed by atoms with Crippen molar-refractivity contribution in [3.8, 4) is 0 Å². The van der Waals surface area contributed by atoms with Crippen molar-refractivity contribution < 1.29 is 5.11 Å². The molecule has 0 spiro atoms. The molecule has 0 amide bonds. The highest BCUT2D eigenvalue weighted by Crippen LogP contribution is 2.22. The molecule has 1 unspecified atom stereocenters. The van der Waals surface area contributed by atoms with Crippen molar-refractivity contribution in [2.45, 2.75) is 25.8 Å². The molecule has 0 fully saturated rings. The van der Waals surface area contributed by atoms with Gasteiger partial charge in [0.05, 0.1) is 6.61 Å². The van der Waals surface area contributed by atoms with Gasteiger partial charge in [-0.3, -0.25) is 0 Å². The molecule has 3 heteroatoms. The third-order valence-corrected chi connectivity index (χ3v) is 3.11. The maximum Gasteiger partial charge on any atom is 0.0613 e. The lowest BCUT2D eigenvalue weighted by Crippen LogP contribution is -2.45. The molecule has 1 rings (SSSR count). The van der Waals surface area contributed by atoms with E-state index in [1.165, 1.54) is 5.56 Å². The van der Waals surface area contributed by atoms with Gasteiger partial charge in [-0.2, -0.15) is 0 Å². The summed E-state index contributed by atoms with van der Waals surface area (Å²) in [6.45, 7) is 7.90. The number of aliphatic hydroxyl groups is 1. The van der Waals surface area contributed by atoms with Gasteiger partial charge in [0.25, 0.3) is 0 Å². The molecule has 0 aliphatic heterocycles. The molecule has 0 radical (unpaired) electrons. The largest absolute Gasteiger partial charge is 0.394 e. The zero-order valence-electron chi connectivity index (χ0n) is 10.9. The van der Waals surface area contributed by atoms with Gasteiger partial charge in [-0.15, -0.1) is 0 Å². The van der Waals surface area contributed by atoms with E-state index in [0.717, 1.165) is 17.7 Å². The summed E-state index contributed by atoms with van der Waals surface area (Å²) in [5.74, 6) is 0. The van der Waals surface area contributed by atoms with E-state index in [0.29, 0.717) is 0 Å². The van der Waals surface area contributed by atoms with Crippen molar-refractivity contribution in [2.75, 3.05) is 13.7 Å². The van der Waals surface area contributed by atoms with Crippen LogP contribution in [0.3, 0.4) is 0 Å². The van der Waals surface area contributed by atoms with Gasteiger partial charge in [0, 0.05) is 23.0 Å². The van der Waals surface area contributed by atoms with Gasteiger partial charge in [0.1, 0.15) is 0 Å². The van der Waals surface area contributed by atoms with E-state index in [1.807, 2.05) is 39.2 Å². The second kappa shape index (κ2) is 5.84. The summed E-state index contributed by atoms with van der Waals surface area (Å²) >= 11 is 0. The number of allylic oxidation sites excluding steroid dienone is 1. The zero-order chi connectivity index (χ0) is 12.9. The number of aliphatic hydroxyl groups excluding tert-OH is 1. The van der Waals surface area contributed by atoms with E-state index in [-0.39, 0.29) is 12.1 Å². The van der Waals surface area contributed by atoms with Crippen molar-refractivity contribution in [3.63, 3.8) is 0 Å². The fourth-order valence-electron chi connectivity index (χ4n) is 1.82.